The fourth-order valence-electron chi connectivity index (χ4n) is 2.50. The number of nitrogens with zero attached hydrogens (tertiary/aromatic N) is 2. The molecule has 1 fully saturated rings. The molecule has 1 aromatic carbocycles. The third-order valence-corrected chi connectivity index (χ3v) is 4.83. The second-order valence-corrected chi connectivity index (χ2v) is 7.31. The molecule has 1 aliphatic rings. The zero-order valence-electron chi connectivity index (χ0n) is 13.2. The lowest BCUT2D eigenvalue weighted by molar-refractivity contribution is -0.128. The van der Waals surface area contributed by atoms with Gasteiger partial charge in [-0.15, -0.1) is 0 Å². The van der Waals surface area contributed by atoms with Crippen LogP contribution in [0, 0.1) is 0 Å². The first-order valence-corrected chi connectivity index (χ1v) is 9.11. The molecule has 1 saturated heterocycles. The maximum Gasteiger partial charge on any atom is 0.337 e. The fraction of sp³-hybridized carbons (Fsp3) is 0.467. The molecule has 0 saturated carbocycles. The predicted molar refractivity (Wildman–Crippen MR) is 85.8 cm³/mol. The average molecular weight is 340 g/mol. The first-order valence-electron chi connectivity index (χ1n) is 7.27. The normalized spacial score (nSPS) is 14.6. The van der Waals surface area contributed by atoms with Gasteiger partial charge in [0.2, 0.25) is 15.9 Å². The first kappa shape index (κ1) is 17.3. The number of rotatable bonds is 5. The van der Waals surface area contributed by atoms with Gasteiger partial charge in [-0.25, -0.2) is 13.2 Å². The lowest BCUT2D eigenvalue weighted by Crippen LogP contribution is -2.41. The second kappa shape index (κ2) is 6.99. The Balaban J connectivity index is 2.28. The number of sulfonamides is 1. The van der Waals surface area contributed by atoms with Crippen molar-refractivity contribution in [2.75, 3.05) is 37.3 Å². The minimum atomic E-state index is -3.66. The lowest BCUT2D eigenvalue weighted by atomic mass is 10.2. The summed E-state index contributed by atoms with van der Waals surface area (Å²) in [5.41, 5.74) is 0.496. The molecular formula is C15H20N2O5S. The molecule has 0 atom stereocenters. The van der Waals surface area contributed by atoms with Gasteiger partial charge in [-0.2, -0.15) is 0 Å². The number of amides is 1. The van der Waals surface area contributed by atoms with Crippen molar-refractivity contribution >= 4 is 27.6 Å². The monoisotopic (exact) mass is 340 g/mol. The van der Waals surface area contributed by atoms with E-state index in [0.29, 0.717) is 13.1 Å². The van der Waals surface area contributed by atoms with Crippen LogP contribution >= 0.6 is 0 Å². The fourth-order valence-corrected chi connectivity index (χ4v) is 3.34. The van der Waals surface area contributed by atoms with Crippen molar-refractivity contribution in [3.05, 3.63) is 29.8 Å². The summed E-state index contributed by atoms with van der Waals surface area (Å²) in [6, 6.07) is 6.03. The maximum atomic E-state index is 12.3. The molecule has 0 aromatic heterocycles. The second-order valence-electron chi connectivity index (χ2n) is 5.40. The number of anilines is 1. The van der Waals surface area contributed by atoms with Gasteiger partial charge >= 0.3 is 5.97 Å². The molecule has 1 heterocycles. The van der Waals surface area contributed by atoms with E-state index in [9.17, 15) is 18.0 Å². The van der Waals surface area contributed by atoms with Gasteiger partial charge in [0.25, 0.3) is 0 Å². The minimum absolute atomic E-state index is 0.229. The standard InChI is InChI=1S/C15H20N2O5S/c1-22-15(19)12-6-5-7-13(10-12)17(23(2,20)21)11-14(18)16-8-3-4-9-16/h5-7,10H,3-4,8-9,11H2,1-2H3. The number of esters is 1. The molecule has 126 valence electrons. The number of methoxy groups -OCH3 is 1. The predicted octanol–water partition coefficient (Wildman–Crippen LogP) is 0.862. The van der Waals surface area contributed by atoms with Gasteiger partial charge in [0.05, 0.1) is 24.6 Å². The number of benzene rings is 1. The minimum Gasteiger partial charge on any atom is -0.465 e. The van der Waals surface area contributed by atoms with Crippen molar-refractivity contribution in [1.29, 1.82) is 0 Å². The summed E-state index contributed by atoms with van der Waals surface area (Å²) >= 11 is 0. The Labute approximate surface area is 135 Å². The number of carbonyl (C=O) groups is 2. The number of carbonyl (C=O) groups excluding carboxylic acids is 2. The summed E-state index contributed by atoms with van der Waals surface area (Å²) in [6.07, 6.45) is 2.90. The van der Waals surface area contributed by atoms with Crippen LogP contribution in [0.25, 0.3) is 0 Å². The summed E-state index contributed by atoms with van der Waals surface area (Å²) in [7, 11) is -2.41. The Hall–Kier alpha value is -2.09. The molecular weight excluding hydrogens is 320 g/mol. The van der Waals surface area contributed by atoms with E-state index in [2.05, 4.69) is 4.74 Å². The van der Waals surface area contributed by atoms with Crippen molar-refractivity contribution in [2.45, 2.75) is 12.8 Å². The highest BCUT2D eigenvalue weighted by Gasteiger charge is 2.26. The molecule has 8 heteroatoms. The third kappa shape index (κ3) is 4.22. The summed E-state index contributed by atoms with van der Waals surface area (Å²) in [5.74, 6) is -0.803. The Kier molecular flexibility index (Phi) is 5.25. The molecule has 23 heavy (non-hydrogen) atoms. The summed E-state index contributed by atoms with van der Waals surface area (Å²) in [4.78, 5) is 25.5. The largest absolute Gasteiger partial charge is 0.465 e. The van der Waals surface area contributed by atoms with E-state index < -0.39 is 16.0 Å². The van der Waals surface area contributed by atoms with Crippen molar-refractivity contribution in [3.8, 4) is 0 Å². The highest BCUT2D eigenvalue weighted by molar-refractivity contribution is 7.92. The van der Waals surface area contributed by atoms with E-state index >= 15 is 0 Å². The molecule has 1 aromatic rings. The highest BCUT2D eigenvalue weighted by Crippen LogP contribution is 2.20. The Morgan fingerprint density at radius 1 is 1.26 bits per heavy atom. The van der Waals surface area contributed by atoms with Crippen molar-refractivity contribution < 1.29 is 22.7 Å². The van der Waals surface area contributed by atoms with Crippen molar-refractivity contribution in [2.24, 2.45) is 0 Å². The van der Waals surface area contributed by atoms with Crippen molar-refractivity contribution in [3.63, 3.8) is 0 Å². The molecule has 1 amide bonds. The number of hydrogen-bond acceptors (Lipinski definition) is 5. The van der Waals surface area contributed by atoms with E-state index in [4.69, 9.17) is 0 Å². The number of likely N-dealkylation sites (tertiary alicyclic amines) is 1. The Bertz CT molecular complexity index is 696. The van der Waals surface area contributed by atoms with Crippen LogP contribution < -0.4 is 4.31 Å². The molecule has 1 aliphatic heterocycles. The number of ether oxygens (including phenoxy) is 1. The van der Waals surface area contributed by atoms with Gasteiger partial charge < -0.3 is 9.64 Å². The van der Waals surface area contributed by atoms with Crippen LogP contribution in [-0.4, -0.2) is 58.2 Å². The van der Waals surface area contributed by atoms with Crippen LogP contribution in [0.3, 0.4) is 0 Å². The van der Waals surface area contributed by atoms with Crippen LogP contribution in [0.1, 0.15) is 23.2 Å². The van der Waals surface area contributed by atoms with Gasteiger partial charge in [-0.3, -0.25) is 9.10 Å². The molecule has 0 spiro atoms. The zero-order chi connectivity index (χ0) is 17.0. The molecule has 0 unspecified atom stereocenters. The first-order chi connectivity index (χ1) is 10.8. The van der Waals surface area contributed by atoms with Crippen LogP contribution in [0.15, 0.2) is 24.3 Å². The smallest absolute Gasteiger partial charge is 0.337 e. The van der Waals surface area contributed by atoms with Crippen LogP contribution in [0.4, 0.5) is 5.69 Å². The molecule has 0 radical (unpaired) electrons. The molecule has 7 nitrogen and oxygen atoms in total. The van der Waals surface area contributed by atoms with Crippen molar-refractivity contribution in [1.82, 2.24) is 4.90 Å². The SMILES string of the molecule is COC(=O)c1cccc(N(CC(=O)N2CCCC2)S(C)(=O)=O)c1. The maximum absolute atomic E-state index is 12.3. The molecule has 0 N–H and O–H groups in total. The third-order valence-electron chi connectivity index (χ3n) is 3.69. The molecule has 0 aliphatic carbocycles. The lowest BCUT2D eigenvalue weighted by Gasteiger charge is -2.25. The Morgan fingerprint density at radius 2 is 1.91 bits per heavy atom. The molecule has 2 rings (SSSR count). The van der Waals surface area contributed by atoms with E-state index in [1.54, 1.807) is 17.0 Å². The summed E-state index contributed by atoms with van der Waals surface area (Å²) in [6.45, 7) is 1.03. The number of hydrogen-bond donors (Lipinski definition) is 0. The highest BCUT2D eigenvalue weighted by atomic mass is 32.2. The van der Waals surface area contributed by atoms with Gasteiger partial charge in [0, 0.05) is 13.1 Å². The quantitative estimate of drug-likeness (QED) is 0.743. The van der Waals surface area contributed by atoms with E-state index in [0.717, 1.165) is 23.4 Å². The average Bonchev–Trinajstić information content (AvgIpc) is 3.05. The van der Waals surface area contributed by atoms with Gasteiger partial charge in [-0.1, -0.05) is 6.07 Å². The van der Waals surface area contributed by atoms with Crippen LogP contribution in [-0.2, 0) is 19.6 Å². The van der Waals surface area contributed by atoms with E-state index in [1.165, 1.54) is 19.2 Å². The Morgan fingerprint density at radius 3 is 2.48 bits per heavy atom. The van der Waals surface area contributed by atoms with Crippen LogP contribution in [0.5, 0.6) is 0 Å². The summed E-state index contributed by atoms with van der Waals surface area (Å²) < 4.78 is 29.8. The van der Waals surface area contributed by atoms with Gasteiger partial charge in [0.1, 0.15) is 6.54 Å². The zero-order valence-corrected chi connectivity index (χ0v) is 14.0. The van der Waals surface area contributed by atoms with Gasteiger partial charge in [-0.05, 0) is 31.0 Å². The van der Waals surface area contributed by atoms with Gasteiger partial charge in [0.15, 0.2) is 0 Å². The van der Waals surface area contributed by atoms with E-state index in [-0.39, 0.29) is 23.7 Å². The molecule has 0 bridgehead atoms. The topological polar surface area (TPSA) is 84.0 Å². The summed E-state index contributed by atoms with van der Waals surface area (Å²) in [5, 5.41) is 0. The van der Waals surface area contributed by atoms with Crippen LogP contribution in [0.2, 0.25) is 0 Å². The van der Waals surface area contributed by atoms with E-state index in [1.807, 2.05) is 0 Å².